The van der Waals surface area contributed by atoms with Crippen molar-refractivity contribution in [1.29, 1.82) is 0 Å². The lowest BCUT2D eigenvalue weighted by Gasteiger charge is -2.31. The van der Waals surface area contributed by atoms with E-state index in [1.54, 1.807) is 6.07 Å². The number of nitrogens with zero attached hydrogens (tertiary/aromatic N) is 1. The second kappa shape index (κ2) is 4.17. The third-order valence-electron chi connectivity index (χ3n) is 2.82. The zero-order valence-corrected chi connectivity index (χ0v) is 10.1. The van der Waals surface area contributed by atoms with Crippen LogP contribution in [0.5, 0.6) is 0 Å². The van der Waals surface area contributed by atoms with Crippen molar-refractivity contribution in [2.24, 2.45) is 0 Å². The molecule has 1 nitrogen and oxygen atoms in total. The minimum atomic E-state index is 0.329. The third kappa shape index (κ3) is 2.05. The molecule has 0 fully saturated rings. The predicted octanol–water partition coefficient (Wildman–Crippen LogP) is 3.71. The largest absolute Gasteiger partial charge is 0.301 e. The average Bonchev–Trinajstić information content (AvgIpc) is 2.18. The second-order valence-electron chi connectivity index (χ2n) is 3.99. The molecule has 0 saturated carbocycles. The van der Waals surface area contributed by atoms with Gasteiger partial charge in [-0.25, -0.2) is 0 Å². The van der Waals surface area contributed by atoms with Gasteiger partial charge in [-0.15, -0.1) is 6.58 Å². The van der Waals surface area contributed by atoms with Crippen molar-refractivity contribution in [3.05, 3.63) is 46.0 Å². The minimum absolute atomic E-state index is 0.329. The summed E-state index contributed by atoms with van der Waals surface area (Å²) in [4.78, 5) is 2.24. The van der Waals surface area contributed by atoms with Gasteiger partial charge in [-0.3, -0.25) is 0 Å². The Morgan fingerprint density at radius 3 is 2.87 bits per heavy atom. The van der Waals surface area contributed by atoms with Crippen LogP contribution in [0.2, 0.25) is 10.0 Å². The normalized spacial score (nSPS) is 21.1. The molecule has 0 unspecified atom stereocenters. The van der Waals surface area contributed by atoms with E-state index in [-0.39, 0.29) is 0 Å². The first kappa shape index (κ1) is 11.0. The summed E-state index contributed by atoms with van der Waals surface area (Å²) in [5, 5.41) is 1.46. The van der Waals surface area contributed by atoms with Gasteiger partial charge >= 0.3 is 0 Å². The summed E-state index contributed by atoms with van der Waals surface area (Å²) >= 11 is 12.2. The number of halogens is 2. The number of hydrogen-bond acceptors (Lipinski definition) is 1. The van der Waals surface area contributed by atoms with E-state index in [1.807, 2.05) is 12.1 Å². The fraction of sp³-hybridized carbons (Fsp3) is 0.333. The summed E-state index contributed by atoms with van der Waals surface area (Å²) in [6.45, 7) is 5.73. The Balaban J connectivity index is 2.55. The van der Waals surface area contributed by atoms with Crippen LogP contribution in [0.1, 0.15) is 17.0 Å². The lowest BCUT2D eigenvalue weighted by atomic mass is 9.90. The molecule has 0 saturated heterocycles. The summed E-state index contributed by atoms with van der Waals surface area (Å²) in [7, 11) is 2.09. The van der Waals surface area contributed by atoms with E-state index in [0.29, 0.717) is 10.9 Å². The summed E-state index contributed by atoms with van der Waals surface area (Å²) in [6.07, 6.45) is 1.96. The van der Waals surface area contributed by atoms with E-state index in [9.17, 15) is 0 Å². The van der Waals surface area contributed by atoms with Crippen LogP contribution in [0, 0.1) is 0 Å². The van der Waals surface area contributed by atoms with Crippen molar-refractivity contribution in [1.82, 2.24) is 4.90 Å². The van der Waals surface area contributed by atoms with Gasteiger partial charge in [0.2, 0.25) is 0 Å². The number of hydrogen-bond donors (Lipinski definition) is 0. The molecule has 1 atom stereocenters. The molecule has 0 bridgehead atoms. The Hall–Kier alpha value is -0.500. The van der Waals surface area contributed by atoms with E-state index in [1.165, 1.54) is 11.1 Å². The first-order valence-electron chi connectivity index (χ1n) is 4.90. The van der Waals surface area contributed by atoms with Crippen molar-refractivity contribution in [3.63, 3.8) is 0 Å². The lowest BCUT2D eigenvalue weighted by molar-refractivity contribution is 0.298. The molecule has 0 amide bonds. The number of likely N-dealkylation sites (N-methyl/N-ethyl adjacent to an activating group) is 1. The van der Waals surface area contributed by atoms with Gasteiger partial charge in [0.25, 0.3) is 0 Å². The van der Waals surface area contributed by atoms with Crippen LogP contribution in [0.3, 0.4) is 0 Å². The van der Waals surface area contributed by atoms with Crippen LogP contribution in [-0.4, -0.2) is 18.5 Å². The Morgan fingerprint density at radius 2 is 2.20 bits per heavy atom. The topological polar surface area (TPSA) is 3.24 Å². The smallest absolute Gasteiger partial charge is 0.0468 e. The molecular weight excluding hydrogens is 229 g/mol. The Labute approximate surface area is 100 Å². The predicted molar refractivity (Wildman–Crippen MR) is 65.7 cm³/mol. The molecule has 0 aliphatic carbocycles. The fourth-order valence-corrected chi connectivity index (χ4v) is 2.66. The first-order chi connectivity index (χ1) is 7.11. The standard InChI is InChI=1S/C12H13Cl2N/c1-3-8-6-15(2)7-11-10(8)4-9(13)5-12(11)14/h3-5,8H,1,6-7H2,2H3/t8-/m1/s1. The maximum Gasteiger partial charge on any atom is 0.0468 e. The van der Waals surface area contributed by atoms with E-state index in [2.05, 4.69) is 18.5 Å². The van der Waals surface area contributed by atoms with Gasteiger partial charge < -0.3 is 4.90 Å². The molecule has 3 heteroatoms. The molecule has 2 rings (SSSR count). The molecule has 0 aromatic heterocycles. The van der Waals surface area contributed by atoms with Crippen LogP contribution in [0.25, 0.3) is 0 Å². The van der Waals surface area contributed by atoms with Crippen molar-refractivity contribution < 1.29 is 0 Å². The van der Waals surface area contributed by atoms with Gasteiger partial charge in [0.05, 0.1) is 0 Å². The Morgan fingerprint density at radius 1 is 1.47 bits per heavy atom. The molecular formula is C12H13Cl2N. The van der Waals surface area contributed by atoms with Crippen molar-refractivity contribution >= 4 is 23.2 Å². The highest BCUT2D eigenvalue weighted by molar-refractivity contribution is 6.35. The summed E-state index contributed by atoms with van der Waals surface area (Å²) < 4.78 is 0. The monoisotopic (exact) mass is 241 g/mol. The minimum Gasteiger partial charge on any atom is -0.301 e. The van der Waals surface area contributed by atoms with E-state index in [0.717, 1.165) is 18.1 Å². The van der Waals surface area contributed by atoms with Crippen LogP contribution in [-0.2, 0) is 6.54 Å². The number of fused-ring (bicyclic) bond motifs is 1. The molecule has 80 valence electrons. The zero-order valence-electron chi connectivity index (χ0n) is 8.63. The zero-order chi connectivity index (χ0) is 11.0. The van der Waals surface area contributed by atoms with Crippen LogP contribution >= 0.6 is 23.2 Å². The van der Waals surface area contributed by atoms with E-state index < -0.39 is 0 Å². The molecule has 1 aromatic carbocycles. The third-order valence-corrected chi connectivity index (χ3v) is 3.37. The van der Waals surface area contributed by atoms with Crippen molar-refractivity contribution in [2.45, 2.75) is 12.5 Å². The lowest BCUT2D eigenvalue weighted by Crippen LogP contribution is -2.29. The molecule has 0 radical (unpaired) electrons. The molecule has 0 N–H and O–H groups in total. The first-order valence-corrected chi connectivity index (χ1v) is 5.66. The Bertz CT molecular complexity index is 401. The van der Waals surface area contributed by atoms with Crippen LogP contribution in [0.15, 0.2) is 24.8 Å². The second-order valence-corrected chi connectivity index (χ2v) is 4.84. The van der Waals surface area contributed by atoms with Crippen LogP contribution in [0.4, 0.5) is 0 Å². The summed E-state index contributed by atoms with van der Waals surface area (Å²) in [5.74, 6) is 0.329. The maximum absolute atomic E-state index is 6.19. The molecule has 1 aliphatic rings. The van der Waals surface area contributed by atoms with E-state index >= 15 is 0 Å². The Kier molecular flexibility index (Phi) is 3.06. The van der Waals surface area contributed by atoms with Crippen LogP contribution < -0.4 is 0 Å². The average molecular weight is 242 g/mol. The van der Waals surface area contributed by atoms with Crippen molar-refractivity contribution in [3.8, 4) is 0 Å². The van der Waals surface area contributed by atoms with E-state index in [4.69, 9.17) is 23.2 Å². The number of benzene rings is 1. The van der Waals surface area contributed by atoms with Gasteiger partial charge in [-0.2, -0.15) is 0 Å². The quantitative estimate of drug-likeness (QED) is 0.678. The molecule has 15 heavy (non-hydrogen) atoms. The van der Waals surface area contributed by atoms with Crippen molar-refractivity contribution in [2.75, 3.05) is 13.6 Å². The number of rotatable bonds is 1. The highest BCUT2D eigenvalue weighted by atomic mass is 35.5. The van der Waals surface area contributed by atoms with Gasteiger partial charge in [0.15, 0.2) is 0 Å². The molecule has 1 aromatic rings. The SMILES string of the molecule is C=C[C@@H]1CN(C)Cc2c(Cl)cc(Cl)cc21. The van der Waals surface area contributed by atoms with Gasteiger partial charge in [-0.1, -0.05) is 29.3 Å². The fourth-order valence-electron chi connectivity index (χ4n) is 2.09. The highest BCUT2D eigenvalue weighted by Gasteiger charge is 2.23. The highest BCUT2D eigenvalue weighted by Crippen LogP contribution is 2.35. The summed E-state index contributed by atoms with van der Waals surface area (Å²) in [5.41, 5.74) is 2.40. The van der Waals surface area contributed by atoms with Gasteiger partial charge in [-0.05, 0) is 30.3 Å². The van der Waals surface area contributed by atoms with Gasteiger partial charge in [0, 0.05) is 29.1 Å². The maximum atomic E-state index is 6.19. The summed E-state index contributed by atoms with van der Waals surface area (Å²) in [6, 6.07) is 3.81. The molecule has 1 heterocycles. The molecule has 1 aliphatic heterocycles. The molecule has 0 spiro atoms. The van der Waals surface area contributed by atoms with Gasteiger partial charge in [0.1, 0.15) is 0 Å².